The van der Waals surface area contributed by atoms with Gasteiger partial charge in [0.2, 0.25) is 0 Å². The van der Waals surface area contributed by atoms with Crippen LogP contribution in [0.1, 0.15) is 21.5 Å². The quantitative estimate of drug-likeness (QED) is 0.183. The highest BCUT2D eigenvalue weighted by atomic mass is 16.5. The van der Waals surface area contributed by atoms with Crippen molar-refractivity contribution >= 4 is 22.9 Å². The van der Waals surface area contributed by atoms with Crippen molar-refractivity contribution in [3.8, 4) is 17.2 Å². The van der Waals surface area contributed by atoms with E-state index in [2.05, 4.69) is 41.4 Å². The minimum absolute atomic E-state index is 0.341. The minimum atomic E-state index is -0.371. The lowest BCUT2D eigenvalue weighted by Crippen LogP contribution is -2.17. The van der Waals surface area contributed by atoms with Crippen molar-refractivity contribution in [1.29, 1.82) is 0 Å². The monoisotopic (exact) mass is 466 g/mol. The highest BCUT2D eigenvalue weighted by Crippen LogP contribution is 2.28. The Morgan fingerprint density at radius 2 is 1.71 bits per heavy atom. The molecule has 176 valence electrons. The normalized spacial score (nSPS) is 10.8. The molecule has 6 nitrogen and oxygen atoms in total. The van der Waals surface area contributed by atoms with E-state index >= 15 is 0 Å². The van der Waals surface area contributed by atoms with E-state index in [1.54, 1.807) is 30.5 Å². The van der Waals surface area contributed by atoms with Crippen molar-refractivity contribution in [1.82, 2.24) is 5.43 Å². The van der Waals surface area contributed by atoms with E-state index < -0.39 is 0 Å². The third-order valence-electron chi connectivity index (χ3n) is 5.33. The number of methoxy groups -OCH3 is 1. The van der Waals surface area contributed by atoms with Gasteiger partial charge in [-0.25, -0.2) is 5.43 Å². The Kier molecular flexibility index (Phi) is 7.76. The van der Waals surface area contributed by atoms with Crippen molar-refractivity contribution in [2.45, 2.75) is 6.61 Å². The third-order valence-corrected chi connectivity index (χ3v) is 5.33. The van der Waals surface area contributed by atoms with Crippen LogP contribution in [0.15, 0.2) is 103 Å². The molecule has 0 saturated carbocycles. The number of benzene rings is 4. The first kappa shape index (κ1) is 23.6. The van der Waals surface area contributed by atoms with E-state index in [1.807, 2.05) is 42.5 Å². The Hall–Kier alpha value is -4.58. The molecule has 0 atom stereocenters. The van der Waals surface area contributed by atoms with Gasteiger partial charge in [0.25, 0.3) is 5.91 Å². The molecule has 0 spiro atoms. The van der Waals surface area contributed by atoms with E-state index in [4.69, 9.17) is 14.2 Å². The van der Waals surface area contributed by atoms with Crippen molar-refractivity contribution in [3.05, 3.63) is 114 Å². The summed E-state index contributed by atoms with van der Waals surface area (Å²) < 4.78 is 17.0. The number of nitrogens with zero attached hydrogens (tertiary/aromatic N) is 1. The molecular formula is C29H26N2O4. The minimum Gasteiger partial charge on any atom is -0.493 e. The van der Waals surface area contributed by atoms with Gasteiger partial charge in [-0.2, -0.15) is 5.10 Å². The number of carbonyl (C=O) groups excluding carboxylic acids is 1. The van der Waals surface area contributed by atoms with Crippen LogP contribution in [0.2, 0.25) is 0 Å². The Morgan fingerprint density at radius 3 is 2.57 bits per heavy atom. The van der Waals surface area contributed by atoms with E-state index in [9.17, 15) is 4.79 Å². The van der Waals surface area contributed by atoms with Gasteiger partial charge in [-0.1, -0.05) is 67.3 Å². The van der Waals surface area contributed by atoms with Crippen molar-refractivity contribution < 1.29 is 19.0 Å². The zero-order chi connectivity index (χ0) is 24.5. The second-order valence-corrected chi connectivity index (χ2v) is 7.63. The van der Waals surface area contributed by atoms with Gasteiger partial charge >= 0.3 is 0 Å². The van der Waals surface area contributed by atoms with Gasteiger partial charge in [-0.15, -0.1) is 0 Å². The molecule has 0 aromatic heterocycles. The predicted octanol–water partition coefficient (Wildman–Crippen LogP) is 5.76. The molecule has 1 amide bonds. The lowest BCUT2D eigenvalue weighted by molar-refractivity contribution is 0.0954. The number of nitrogens with one attached hydrogen (secondary N) is 1. The van der Waals surface area contributed by atoms with Crippen LogP contribution in [0.4, 0.5) is 0 Å². The Morgan fingerprint density at radius 1 is 0.914 bits per heavy atom. The molecule has 4 rings (SSSR count). The van der Waals surface area contributed by atoms with Crippen LogP contribution in [-0.2, 0) is 6.61 Å². The van der Waals surface area contributed by atoms with Crippen molar-refractivity contribution in [2.75, 3.05) is 13.7 Å². The summed E-state index contributed by atoms with van der Waals surface area (Å²) in [6.07, 6.45) is 3.20. The molecule has 0 saturated heterocycles. The number of carbonyl (C=O) groups is 1. The maximum atomic E-state index is 12.6. The summed E-state index contributed by atoms with van der Waals surface area (Å²) in [6, 6.07) is 26.8. The molecular weight excluding hydrogens is 440 g/mol. The first-order valence-corrected chi connectivity index (χ1v) is 11.1. The Bertz CT molecular complexity index is 1360. The Labute approximate surface area is 204 Å². The summed E-state index contributed by atoms with van der Waals surface area (Å²) in [5.74, 6) is 1.29. The molecule has 0 unspecified atom stereocenters. The lowest BCUT2D eigenvalue weighted by atomic mass is 10.1. The number of hydrogen-bond acceptors (Lipinski definition) is 5. The number of hydrazone groups is 1. The van der Waals surface area contributed by atoms with Gasteiger partial charge in [0.15, 0.2) is 11.5 Å². The SMILES string of the molecule is C=CCOc1ccc(C(=O)N/N=C/c2ccccc2OCc2cccc3ccccc23)cc1OC. The molecule has 1 N–H and O–H groups in total. The molecule has 0 heterocycles. The molecule has 6 heteroatoms. The number of hydrogen-bond donors (Lipinski definition) is 1. The van der Waals surface area contributed by atoms with Crippen molar-refractivity contribution in [2.24, 2.45) is 5.10 Å². The second kappa shape index (κ2) is 11.5. The number of ether oxygens (including phenoxy) is 3. The third kappa shape index (κ3) is 5.86. The van der Waals surface area contributed by atoms with E-state index in [1.165, 1.54) is 12.5 Å². The second-order valence-electron chi connectivity index (χ2n) is 7.63. The van der Waals surface area contributed by atoms with Crippen LogP contribution in [0, 0.1) is 0 Å². The van der Waals surface area contributed by atoms with Gasteiger partial charge in [0.05, 0.1) is 13.3 Å². The van der Waals surface area contributed by atoms with E-state index in [0.717, 1.165) is 16.5 Å². The number of para-hydroxylation sites is 1. The molecule has 0 aliphatic carbocycles. The fourth-order valence-electron chi connectivity index (χ4n) is 3.59. The van der Waals surface area contributed by atoms with E-state index in [0.29, 0.717) is 36.0 Å². The number of fused-ring (bicyclic) bond motifs is 1. The number of amides is 1. The topological polar surface area (TPSA) is 69.2 Å². The first-order valence-electron chi connectivity index (χ1n) is 11.1. The molecule has 0 fully saturated rings. The predicted molar refractivity (Wildman–Crippen MR) is 138 cm³/mol. The average molecular weight is 467 g/mol. The van der Waals surface area contributed by atoms with Gasteiger partial charge in [-0.05, 0) is 46.7 Å². The maximum absolute atomic E-state index is 12.6. The van der Waals surface area contributed by atoms with Crippen LogP contribution in [-0.4, -0.2) is 25.8 Å². The van der Waals surface area contributed by atoms with Gasteiger partial charge < -0.3 is 14.2 Å². The van der Waals surface area contributed by atoms with Gasteiger partial charge in [0, 0.05) is 11.1 Å². The highest BCUT2D eigenvalue weighted by molar-refractivity contribution is 5.95. The molecule has 0 aliphatic heterocycles. The summed E-state index contributed by atoms with van der Waals surface area (Å²) in [5, 5.41) is 6.45. The summed E-state index contributed by atoms with van der Waals surface area (Å²) in [7, 11) is 1.52. The smallest absolute Gasteiger partial charge is 0.271 e. The maximum Gasteiger partial charge on any atom is 0.271 e. The standard InChI is InChI=1S/C29H26N2O4/c1-3-17-34-27-16-15-22(18-28(27)33-2)29(32)31-30-19-23-10-5-7-14-26(23)35-20-24-12-8-11-21-9-4-6-13-25(21)24/h3-16,18-19H,1,17,20H2,2H3,(H,31,32)/b30-19+. The van der Waals surface area contributed by atoms with Crippen LogP contribution < -0.4 is 19.6 Å². The highest BCUT2D eigenvalue weighted by Gasteiger charge is 2.11. The molecule has 0 bridgehead atoms. The largest absolute Gasteiger partial charge is 0.493 e. The van der Waals surface area contributed by atoms with Crippen LogP contribution in [0.5, 0.6) is 17.2 Å². The first-order chi connectivity index (χ1) is 17.2. The fourth-order valence-corrected chi connectivity index (χ4v) is 3.59. The molecule has 4 aromatic carbocycles. The van der Waals surface area contributed by atoms with Crippen molar-refractivity contribution in [3.63, 3.8) is 0 Å². The lowest BCUT2D eigenvalue weighted by Gasteiger charge is -2.11. The fraction of sp³-hybridized carbons (Fsp3) is 0.103. The van der Waals surface area contributed by atoms with E-state index in [-0.39, 0.29) is 5.91 Å². The average Bonchev–Trinajstić information content (AvgIpc) is 2.91. The Balaban J connectivity index is 1.43. The molecule has 0 aliphatic rings. The number of rotatable bonds is 10. The van der Waals surface area contributed by atoms with Crippen LogP contribution in [0.3, 0.4) is 0 Å². The molecule has 0 radical (unpaired) electrons. The molecule has 4 aromatic rings. The summed E-state index contributed by atoms with van der Waals surface area (Å²) in [5.41, 5.74) is 4.79. The summed E-state index contributed by atoms with van der Waals surface area (Å²) >= 11 is 0. The van der Waals surface area contributed by atoms with Crippen LogP contribution >= 0.6 is 0 Å². The molecule has 35 heavy (non-hydrogen) atoms. The van der Waals surface area contributed by atoms with Gasteiger partial charge in [-0.3, -0.25) is 4.79 Å². The summed E-state index contributed by atoms with van der Waals surface area (Å²) in [4.78, 5) is 12.6. The van der Waals surface area contributed by atoms with Crippen LogP contribution in [0.25, 0.3) is 10.8 Å². The van der Waals surface area contributed by atoms with Gasteiger partial charge in [0.1, 0.15) is 19.0 Å². The zero-order valence-corrected chi connectivity index (χ0v) is 19.4. The zero-order valence-electron chi connectivity index (χ0n) is 19.4. The summed E-state index contributed by atoms with van der Waals surface area (Å²) in [6.45, 7) is 4.38.